The number of aromatic nitrogens is 2. The summed E-state index contributed by atoms with van der Waals surface area (Å²) < 4.78 is 5.29. The van der Waals surface area contributed by atoms with E-state index in [-0.39, 0.29) is 5.91 Å². The van der Waals surface area contributed by atoms with Crippen molar-refractivity contribution in [1.82, 2.24) is 10.2 Å². The largest absolute Gasteiger partial charge is 0.496 e. The van der Waals surface area contributed by atoms with E-state index in [0.717, 1.165) is 41.1 Å². The number of nitrogens with zero attached hydrogens (tertiary/aromatic N) is 2. The molecule has 2 aromatic rings. The van der Waals surface area contributed by atoms with Crippen LogP contribution in [0.3, 0.4) is 0 Å². The molecule has 0 saturated carbocycles. The molecule has 0 unspecified atom stereocenters. The first kappa shape index (κ1) is 17.1. The number of amides is 1. The second-order valence-corrected chi connectivity index (χ2v) is 6.23. The molecule has 6 heteroatoms. The van der Waals surface area contributed by atoms with Crippen LogP contribution in [0.25, 0.3) is 6.08 Å². The van der Waals surface area contributed by atoms with Crippen molar-refractivity contribution in [2.75, 3.05) is 12.4 Å². The van der Waals surface area contributed by atoms with Gasteiger partial charge in [0, 0.05) is 18.1 Å². The SMILES string of the molecule is CCCCc1nnc(NC(=O)/C=C/c2cc(C)ccc2OC)s1. The van der Waals surface area contributed by atoms with Gasteiger partial charge in [0.1, 0.15) is 10.8 Å². The van der Waals surface area contributed by atoms with Gasteiger partial charge in [0.05, 0.1) is 7.11 Å². The Morgan fingerprint density at radius 1 is 1.39 bits per heavy atom. The van der Waals surface area contributed by atoms with Gasteiger partial charge in [-0.2, -0.15) is 0 Å². The Hall–Kier alpha value is -2.21. The van der Waals surface area contributed by atoms with Crippen LogP contribution in [0.15, 0.2) is 24.3 Å². The van der Waals surface area contributed by atoms with Crippen LogP contribution in [0, 0.1) is 6.92 Å². The van der Waals surface area contributed by atoms with Crippen molar-refractivity contribution in [2.45, 2.75) is 33.1 Å². The van der Waals surface area contributed by atoms with Crippen LogP contribution < -0.4 is 10.1 Å². The van der Waals surface area contributed by atoms with Crippen molar-refractivity contribution >= 4 is 28.5 Å². The highest BCUT2D eigenvalue weighted by Gasteiger charge is 2.06. The lowest BCUT2D eigenvalue weighted by molar-refractivity contribution is -0.111. The molecule has 0 bridgehead atoms. The minimum atomic E-state index is -0.230. The van der Waals surface area contributed by atoms with Gasteiger partial charge in [0.2, 0.25) is 11.0 Å². The van der Waals surface area contributed by atoms with E-state index in [1.807, 2.05) is 25.1 Å². The van der Waals surface area contributed by atoms with Crippen LogP contribution in [-0.4, -0.2) is 23.2 Å². The van der Waals surface area contributed by atoms with E-state index in [4.69, 9.17) is 4.74 Å². The molecule has 5 nitrogen and oxygen atoms in total. The van der Waals surface area contributed by atoms with Crippen molar-refractivity contribution in [3.05, 3.63) is 40.4 Å². The Bertz CT molecular complexity index is 695. The zero-order valence-electron chi connectivity index (χ0n) is 13.6. The highest BCUT2D eigenvalue weighted by atomic mass is 32.1. The molecule has 0 aliphatic rings. The average molecular weight is 331 g/mol. The summed E-state index contributed by atoms with van der Waals surface area (Å²) in [4.78, 5) is 12.0. The summed E-state index contributed by atoms with van der Waals surface area (Å²) in [6.45, 7) is 4.13. The second kappa shape index (κ2) is 8.43. The zero-order valence-corrected chi connectivity index (χ0v) is 14.4. The molecule has 0 aliphatic heterocycles. The fraction of sp³-hybridized carbons (Fsp3) is 0.353. The van der Waals surface area contributed by atoms with Gasteiger partial charge in [0.25, 0.3) is 0 Å². The summed E-state index contributed by atoms with van der Waals surface area (Å²) >= 11 is 1.42. The second-order valence-electron chi connectivity index (χ2n) is 5.17. The minimum Gasteiger partial charge on any atom is -0.496 e. The van der Waals surface area contributed by atoms with Gasteiger partial charge in [-0.15, -0.1) is 10.2 Å². The molecule has 0 fully saturated rings. The summed E-state index contributed by atoms with van der Waals surface area (Å²) in [7, 11) is 1.61. The Morgan fingerprint density at radius 2 is 2.22 bits per heavy atom. The first-order chi connectivity index (χ1) is 11.1. The van der Waals surface area contributed by atoms with Gasteiger partial charge in [-0.1, -0.05) is 36.3 Å². The van der Waals surface area contributed by atoms with E-state index in [0.29, 0.717) is 5.13 Å². The number of unbranched alkanes of at least 4 members (excludes halogenated alkanes) is 1. The topological polar surface area (TPSA) is 64.1 Å². The Balaban J connectivity index is 1.99. The molecule has 1 aromatic heterocycles. The maximum Gasteiger partial charge on any atom is 0.250 e. The predicted molar refractivity (Wildman–Crippen MR) is 93.9 cm³/mol. The van der Waals surface area contributed by atoms with Crippen LogP contribution in [0.5, 0.6) is 5.75 Å². The molecule has 0 aliphatic carbocycles. The van der Waals surface area contributed by atoms with E-state index < -0.39 is 0 Å². The fourth-order valence-corrected chi connectivity index (χ4v) is 2.81. The van der Waals surface area contributed by atoms with Crippen LogP contribution in [0.2, 0.25) is 0 Å². The van der Waals surface area contributed by atoms with Gasteiger partial charge < -0.3 is 4.74 Å². The Morgan fingerprint density at radius 3 is 2.96 bits per heavy atom. The summed E-state index contributed by atoms with van der Waals surface area (Å²) in [5.41, 5.74) is 1.97. The van der Waals surface area contributed by atoms with Crippen LogP contribution >= 0.6 is 11.3 Å². The van der Waals surface area contributed by atoms with E-state index in [2.05, 4.69) is 22.4 Å². The van der Waals surface area contributed by atoms with E-state index >= 15 is 0 Å². The molecule has 0 atom stereocenters. The minimum absolute atomic E-state index is 0.230. The number of hydrogen-bond acceptors (Lipinski definition) is 5. The standard InChI is InChI=1S/C17H21N3O2S/c1-4-5-6-16-19-20-17(23-16)18-15(21)10-8-13-11-12(2)7-9-14(13)22-3/h7-11H,4-6H2,1-3H3,(H,18,20,21)/b10-8+. The Labute approximate surface area is 140 Å². The summed E-state index contributed by atoms with van der Waals surface area (Å²) in [5, 5.41) is 12.3. The van der Waals surface area contributed by atoms with Crippen molar-refractivity contribution in [1.29, 1.82) is 0 Å². The zero-order chi connectivity index (χ0) is 16.7. The maximum atomic E-state index is 12.0. The van der Waals surface area contributed by atoms with Gasteiger partial charge in [-0.3, -0.25) is 10.1 Å². The molecule has 0 saturated heterocycles. The quantitative estimate of drug-likeness (QED) is 0.783. The molecule has 1 N–H and O–H groups in total. The predicted octanol–water partition coefficient (Wildman–Crippen LogP) is 3.85. The van der Waals surface area contributed by atoms with Gasteiger partial charge in [0.15, 0.2) is 0 Å². The van der Waals surface area contributed by atoms with Crippen molar-refractivity contribution in [3.8, 4) is 5.75 Å². The monoisotopic (exact) mass is 331 g/mol. The van der Waals surface area contributed by atoms with Crippen LogP contribution in [0.1, 0.15) is 35.9 Å². The molecule has 0 radical (unpaired) electrons. The molecule has 1 heterocycles. The van der Waals surface area contributed by atoms with Gasteiger partial charge in [-0.25, -0.2) is 0 Å². The highest BCUT2D eigenvalue weighted by molar-refractivity contribution is 7.15. The lowest BCUT2D eigenvalue weighted by Crippen LogP contribution is -2.07. The van der Waals surface area contributed by atoms with Crippen molar-refractivity contribution < 1.29 is 9.53 Å². The summed E-state index contributed by atoms with van der Waals surface area (Å²) in [5.74, 6) is 0.504. The van der Waals surface area contributed by atoms with Gasteiger partial charge in [-0.05, 0) is 31.6 Å². The number of rotatable bonds is 7. The molecule has 1 aromatic carbocycles. The third kappa shape index (κ3) is 5.17. The molecule has 122 valence electrons. The lowest BCUT2D eigenvalue weighted by atomic mass is 10.1. The number of hydrogen-bond donors (Lipinski definition) is 1. The smallest absolute Gasteiger partial charge is 0.250 e. The van der Waals surface area contributed by atoms with Gasteiger partial charge >= 0.3 is 0 Å². The number of anilines is 1. The van der Waals surface area contributed by atoms with E-state index in [1.165, 1.54) is 17.4 Å². The van der Waals surface area contributed by atoms with E-state index in [9.17, 15) is 4.79 Å². The third-order valence-electron chi connectivity index (χ3n) is 3.24. The number of methoxy groups -OCH3 is 1. The van der Waals surface area contributed by atoms with Crippen molar-refractivity contribution in [2.24, 2.45) is 0 Å². The summed E-state index contributed by atoms with van der Waals surface area (Å²) in [6.07, 6.45) is 6.31. The van der Waals surface area contributed by atoms with Crippen LogP contribution in [-0.2, 0) is 11.2 Å². The average Bonchev–Trinajstić information content (AvgIpc) is 2.98. The van der Waals surface area contributed by atoms with Crippen molar-refractivity contribution in [3.63, 3.8) is 0 Å². The number of aryl methyl sites for hydroxylation is 2. The number of ether oxygens (including phenoxy) is 1. The molecular weight excluding hydrogens is 310 g/mol. The van der Waals surface area contributed by atoms with Crippen LogP contribution in [0.4, 0.5) is 5.13 Å². The lowest BCUT2D eigenvalue weighted by Gasteiger charge is -2.05. The first-order valence-corrected chi connectivity index (χ1v) is 8.40. The number of benzene rings is 1. The summed E-state index contributed by atoms with van der Waals surface area (Å²) in [6, 6.07) is 5.82. The molecule has 23 heavy (non-hydrogen) atoms. The number of carbonyl (C=O) groups is 1. The van der Waals surface area contributed by atoms with E-state index in [1.54, 1.807) is 13.2 Å². The molecule has 0 spiro atoms. The normalized spacial score (nSPS) is 10.9. The number of carbonyl (C=O) groups excluding carboxylic acids is 1. The number of nitrogens with one attached hydrogen (secondary N) is 1. The maximum absolute atomic E-state index is 12.0. The molecule has 1 amide bonds. The first-order valence-electron chi connectivity index (χ1n) is 7.58. The molecular formula is C17H21N3O2S. The molecule has 2 rings (SSSR count). The fourth-order valence-electron chi connectivity index (χ4n) is 2.03. The highest BCUT2D eigenvalue weighted by Crippen LogP contribution is 2.21. The third-order valence-corrected chi connectivity index (χ3v) is 4.14. The Kier molecular flexibility index (Phi) is 6.29.